The standard InChI is InChI=1S/C15H16N4O/c1-11-7-19-14(10-18-11)9-17-8-12-3-4-13(6-16)15(5-12)20-2/h3-5,7,10,17H,8-9H2,1-2H3. The van der Waals surface area contributed by atoms with E-state index in [1.807, 2.05) is 19.1 Å². The van der Waals surface area contributed by atoms with Crippen molar-refractivity contribution in [1.29, 1.82) is 5.26 Å². The van der Waals surface area contributed by atoms with E-state index in [2.05, 4.69) is 21.4 Å². The van der Waals surface area contributed by atoms with Gasteiger partial charge in [0.25, 0.3) is 0 Å². The summed E-state index contributed by atoms with van der Waals surface area (Å²) in [6.07, 6.45) is 3.52. The number of methoxy groups -OCH3 is 1. The molecule has 0 aliphatic rings. The van der Waals surface area contributed by atoms with Gasteiger partial charge in [0, 0.05) is 25.5 Å². The molecular weight excluding hydrogens is 252 g/mol. The molecule has 0 aliphatic heterocycles. The highest BCUT2D eigenvalue weighted by Gasteiger charge is 2.03. The zero-order valence-corrected chi connectivity index (χ0v) is 11.6. The molecule has 0 amide bonds. The summed E-state index contributed by atoms with van der Waals surface area (Å²) in [4.78, 5) is 8.47. The van der Waals surface area contributed by atoms with Crippen molar-refractivity contribution in [3.05, 3.63) is 53.1 Å². The fraction of sp³-hybridized carbons (Fsp3) is 0.267. The fourth-order valence-electron chi connectivity index (χ4n) is 1.78. The quantitative estimate of drug-likeness (QED) is 0.897. The van der Waals surface area contributed by atoms with Gasteiger partial charge in [-0.05, 0) is 24.6 Å². The van der Waals surface area contributed by atoms with Crippen molar-refractivity contribution < 1.29 is 4.74 Å². The van der Waals surface area contributed by atoms with Crippen molar-refractivity contribution in [3.8, 4) is 11.8 Å². The lowest BCUT2D eigenvalue weighted by molar-refractivity contribution is 0.412. The molecule has 0 atom stereocenters. The van der Waals surface area contributed by atoms with Crippen LogP contribution in [0.5, 0.6) is 5.75 Å². The van der Waals surface area contributed by atoms with E-state index in [-0.39, 0.29) is 0 Å². The molecule has 1 heterocycles. The predicted octanol–water partition coefficient (Wildman–Crippen LogP) is 1.96. The molecule has 0 bridgehead atoms. The summed E-state index contributed by atoms with van der Waals surface area (Å²) in [5.41, 5.74) is 3.41. The number of ether oxygens (including phenoxy) is 1. The molecule has 2 rings (SSSR count). The Bertz CT molecular complexity index is 617. The molecule has 102 valence electrons. The van der Waals surface area contributed by atoms with Gasteiger partial charge in [0.2, 0.25) is 0 Å². The summed E-state index contributed by atoms with van der Waals surface area (Å²) in [5, 5.41) is 12.2. The van der Waals surface area contributed by atoms with E-state index < -0.39 is 0 Å². The first-order chi connectivity index (χ1) is 9.72. The molecular formula is C15H16N4O. The molecule has 1 aromatic carbocycles. The highest BCUT2D eigenvalue weighted by atomic mass is 16.5. The number of hydrogen-bond donors (Lipinski definition) is 1. The van der Waals surface area contributed by atoms with Crippen molar-refractivity contribution in [2.24, 2.45) is 0 Å². The van der Waals surface area contributed by atoms with Crippen molar-refractivity contribution in [2.45, 2.75) is 20.0 Å². The monoisotopic (exact) mass is 268 g/mol. The molecule has 0 saturated carbocycles. The van der Waals surface area contributed by atoms with Crippen LogP contribution in [-0.4, -0.2) is 17.1 Å². The number of aryl methyl sites for hydroxylation is 1. The number of nitrogens with one attached hydrogen (secondary N) is 1. The maximum absolute atomic E-state index is 8.93. The van der Waals surface area contributed by atoms with Crippen LogP contribution >= 0.6 is 0 Å². The van der Waals surface area contributed by atoms with Crippen LogP contribution in [0.3, 0.4) is 0 Å². The second-order valence-corrected chi connectivity index (χ2v) is 4.40. The molecule has 0 fully saturated rings. The molecule has 2 aromatic rings. The van der Waals surface area contributed by atoms with Crippen LogP contribution < -0.4 is 10.1 Å². The van der Waals surface area contributed by atoms with Gasteiger partial charge in [-0.15, -0.1) is 0 Å². The van der Waals surface area contributed by atoms with Gasteiger partial charge in [-0.1, -0.05) is 6.07 Å². The Hall–Kier alpha value is -2.45. The maximum atomic E-state index is 8.93. The van der Waals surface area contributed by atoms with Crippen molar-refractivity contribution in [1.82, 2.24) is 15.3 Å². The van der Waals surface area contributed by atoms with E-state index in [1.165, 1.54) is 0 Å². The second kappa shape index (κ2) is 6.64. The van der Waals surface area contributed by atoms with Crippen LogP contribution in [0.1, 0.15) is 22.5 Å². The van der Waals surface area contributed by atoms with Crippen LogP contribution in [0.2, 0.25) is 0 Å². The Morgan fingerprint density at radius 2 is 2.10 bits per heavy atom. The summed E-state index contributed by atoms with van der Waals surface area (Å²) >= 11 is 0. The first-order valence-corrected chi connectivity index (χ1v) is 6.28. The Kier molecular flexibility index (Phi) is 4.64. The average molecular weight is 268 g/mol. The van der Waals surface area contributed by atoms with Gasteiger partial charge in [0.1, 0.15) is 11.8 Å². The van der Waals surface area contributed by atoms with Gasteiger partial charge >= 0.3 is 0 Å². The number of nitriles is 1. The Morgan fingerprint density at radius 3 is 2.75 bits per heavy atom. The molecule has 20 heavy (non-hydrogen) atoms. The lowest BCUT2D eigenvalue weighted by Crippen LogP contribution is -2.14. The van der Waals surface area contributed by atoms with Crippen LogP contribution in [-0.2, 0) is 13.1 Å². The van der Waals surface area contributed by atoms with Crippen LogP contribution in [0.15, 0.2) is 30.6 Å². The van der Waals surface area contributed by atoms with Gasteiger partial charge < -0.3 is 10.1 Å². The summed E-state index contributed by atoms with van der Waals surface area (Å²) in [5.74, 6) is 0.599. The number of nitrogens with zero attached hydrogens (tertiary/aromatic N) is 3. The summed E-state index contributed by atoms with van der Waals surface area (Å²) in [6.45, 7) is 3.24. The highest BCUT2D eigenvalue weighted by Crippen LogP contribution is 2.19. The minimum absolute atomic E-state index is 0.542. The third kappa shape index (κ3) is 3.53. The van der Waals surface area contributed by atoms with Crippen LogP contribution in [0.25, 0.3) is 0 Å². The van der Waals surface area contributed by atoms with Crippen LogP contribution in [0.4, 0.5) is 0 Å². The van der Waals surface area contributed by atoms with E-state index in [0.717, 1.165) is 17.0 Å². The molecule has 1 aromatic heterocycles. The first kappa shape index (κ1) is 14.0. The maximum Gasteiger partial charge on any atom is 0.136 e. The minimum atomic E-state index is 0.542. The molecule has 0 saturated heterocycles. The zero-order valence-electron chi connectivity index (χ0n) is 11.6. The average Bonchev–Trinajstić information content (AvgIpc) is 2.49. The van der Waals surface area contributed by atoms with Crippen molar-refractivity contribution in [2.75, 3.05) is 7.11 Å². The largest absolute Gasteiger partial charge is 0.495 e. The minimum Gasteiger partial charge on any atom is -0.495 e. The van der Waals surface area contributed by atoms with E-state index in [1.54, 1.807) is 25.6 Å². The number of benzene rings is 1. The van der Waals surface area contributed by atoms with Gasteiger partial charge in [0.05, 0.1) is 24.1 Å². The Morgan fingerprint density at radius 1 is 1.25 bits per heavy atom. The first-order valence-electron chi connectivity index (χ1n) is 6.28. The zero-order chi connectivity index (χ0) is 14.4. The Labute approximate surface area is 118 Å². The van der Waals surface area contributed by atoms with Gasteiger partial charge in [0.15, 0.2) is 0 Å². The number of aromatic nitrogens is 2. The van der Waals surface area contributed by atoms with Gasteiger partial charge in [-0.3, -0.25) is 9.97 Å². The predicted molar refractivity (Wildman–Crippen MR) is 75.0 cm³/mol. The van der Waals surface area contributed by atoms with E-state index in [9.17, 15) is 0 Å². The van der Waals surface area contributed by atoms with Gasteiger partial charge in [-0.2, -0.15) is 5.26 Å². The third-order valence-electron chi connectivity index (χ3n) is 2.86. The van der Waals surface area contributed by atoms with E-state index in [4.69, 9.17) is 10.00 Å². The topological polar surface area (TPSA) is 70.8 Å². The molecule has 0 aliphatic carbocycles. The summed E-state index contributed by atoms with van der Waals surface area (Å²) in [7, 11) is 1.56. The molecule has 0 unspecified atom stereocenters. The number of rotatable bonds is 5. The molecule has 0 spiro atoms. The summed E-state index contributed by atoms with van der Waals surface area (Å²) in [6, 6.07) is 7.64. The third-order valence-corrected chi connectivity index (χ3v) is 2.86. The lowest BCUT2D eigenvalue weighted by Gasteiger charge is -2.07. The fourth-order valence-corrected chi connectivity index (χ4v) is 1.78. The molecule has 0 radical (unpaired) electrons. The normalized spacial score (nSPS) is 10.1. The molecule has 5 nitrogen and oxygen atoms in total. The van der Waals surface area contributed by atoms with Gasteiger partial charge in [-0.25, -0.2) is 0 Å². The second-order valence-electron chi connectivity index (χ2n) is 4.40. The van der Waals surface area contributed by atoms with Crippen molar-refractivity contribution in [3.63, 3.8) is 0 Å². The smallest absolute Gasteiger partial charge is 0.136 e. The number of hydrogen-bond acceptors (Lipinski definition) is 5. The van der Waals surface area contributed by atoms with E-state index in [0.29, 0.717) is 24.4 Å². The Balaban J connectivity index is 1.94. The lowest BCUT2D eigenvalue weighted by atomic mass is 10.1. The SMILES string of the molecule is COc1cc(CNCc2cnc(C)cn2)ccc1C#N. The molecule has 1 N–H and O–H groups in total. The summed E-state index contributed by atoms with van der Waals surface area (Å²) < 4.78 is 5.18. The van der Waals surface area contributed by atoms with E-state index >= 15 is 0 Å². The molecule has 5 heteroatoms. The van der Waals surface area contributed by atoms with Crippen LogP contribution in [0, 0.1) is 18.3 Å². The van der Waals surface area contributed by atoms with Crippen molar-refractivity contribution >= 4 is 0 Å². The highest BCUT2D eigenvalue weighted by molar-refractivity contribution is 5.45.